The van der Waals surface area contributed by atoms with Gasteiger partial charge in [0.2, 0.25) is 0 Å². The first-order valence-corrected chi connectivity index (χ1v) is 6.11. The van der Waals surface area contributed by atoms with Gasteiger partial charge in [0.05, 0.1) is 5.84 Å². The maximum Gasteiger partial charge on any atom is 0.188 e. The minimum atomic E-state index is 0.500. The van der Waals surface area contributed by atoms with Crippen LogP contribution >= 0.6 is 0 Å². The fourth-order valence-electron chi connectivity index (χ4n) is 2.41. The predicted octanol–water partition coefficient (Wildman–Crippen LogP) is 0.308. The van der Waals surface area contributed by atoms with Crippen LogP contribution in [0.3, 0.4) is 0 Å². The standard InChI is InChI=1S/C13H20N4O/c1-8(14)15-12-6-9-4-11(17(2)3)5-10(9)7-13(12)16-18/h6-7,11,16,18H,4-5H2,1-3H3,(H2,14,15)/p+1. The van der Waals surface area contributed by atoms with Gasteiger partial charge >= 0.3 is 0 Å². The van der Waals surface area contributed by atoms with E-state index in [4.69, 9.17) is 5.73 Å². The van der Waals surface area contributed by atoms with Gasteiger partial charge in [-0.05, 0) is 51.1 Å². The van der Waals surface area contributed by atoms with Gasteiger partial charge in [0.15, 0.2) is 5.69 Å². The average molecular weight is 249 g/mol. The highest BCUT2D eigenvalue weighted by Gasteiger charge is 2.25. The topological polar surface area (TPSA) is 78.5 Å². The molecule has 0 aliphatic heterocycles. The number of nitrogens with two attached hydrogens (primary N) is 2. The highest BCUT2D eigenvalue weighted by atomic mass is 16.5. The van der Waals surface area contributed by atoms with E-state index in [9.17, 15) is 5.21 Å². The minimum Gasteiger partial charge on any atom is -0.387 e. The largest absolute Gasteiger partial charge is 0.387 e. The van der Waals surface area contributed by atoms with E-state index in [1.54, 1.807) is 6.92 Å². The van der Waals surface area contributed by atoms with Crippen LogP contribution in [-0.4, -0.2) is 36.1 Å². The second-order valence-corrected chi connectivity index (χ2v) is 5.09. The van der Waals surface area contributed by atoms with E-state index in [-0.39, 0.29) is 0 Å². The Balaban J connectivity index is 2.38. The number of hydrogen-bond donors (Lipinski definition) is 3. The molecular formula is C13H21N4O+. The third kappa shape index (κ3) is 2.53. The fraction of sp³-hybridized carbons (Fsp3) is 0.462. The number of aliphatic imine (C=N–C) groups is 1. The lowest BCUT2D eigenvalue weighted by Gasteiger charge is -2.17. The molecule has 0 saturated heterocycles. The molecular weight excluding hydrogens is 228 g/mol. The van der Waals surface area contributed by atoms with Crippen LogP contribution < -0.4 is 11.2 Å². The average Bonchev–Trinajstić information content (AvgIpc) is 2.70. The second kappa shape index (κ2) is 5.06. The molecule has 0 bridgehead atoms. The first-order chi connectivity index (χ1) is 8.51. The summed E-state index contributed by atoms with van der Waals surface area (Å²) in [7, 11) is 4.19. The molecule has 98 valence electrons. The van der Waals surface area contributed by atoms with E-state index in [0.717, 1.165) is 29.7 Å². The maximum atomic E-state index is 9.29. The van der Waals surface area contributed by atoms with E-state index in [1.165, 1.54) is 11.1 Å². The van der Waals surface area contributed by atoms with Crippen molar-refractivity contribution in [3.63, 3.8) is 0 Å². The summed E-state index contributed by atoms with van der Waals surface area (Å²) in [6.07, 6.45) is 2.05. The minimum absolute atomic E-state index is 0.500. The predicted molar refractivity (Wildman–Crippen MR) is 71.7 cm³/mol. The molecule has 18 heavy (non-hydrogen) atoms. The van der Waals surface area contributed by atoms with E-state index < -0.39 is 0 Å². The summed E-state index contributed by atoms with van der Waals surface area (Å²) >= 11 is 0. The molecule has 0 amide bonds. The highest BCUT2D eigenvalue weighted by molar-refractivity contribution is 5.82. The molecule has 0 heterocycles. The summed E-state index contributed by atoms with van der Waals surface area (Å²) in [5.74, 6) is 0.500. The number of benzene rings is 1. The molecule has 0 radical (unpaired) electrons. The van der Waals surface area contributed by atoms with Crippen molar-refractivity contribution in [2.24, 2.45) is 10.7 Å². The van der Waals surface area contributed by atoms with Gasteiger partial charge in [0.25, 0.3) is 0 Å². The molecule has 1 aliphatic rings. The Morgan fingerprint density at radius 1 is 1.39 bits per heavy atom. The fourth-order valence-corrected chi connectivity index (χ4v) is 2.41. The number of rotatable bonds is 3. The number of hydrogen-bond acceptors (Lipinski definition) is 3. The summed E-state index contributed by atoms with van der Waals surface area (Å²) in [6, 6.07) is 4.59. The quantitative estimate of drug-likeness (QED) is 0.312. The SMILES string of the molecule is CC(N)=Nc1cc2c(cc1[NH2+]O)CC(N(C)C)C2. The molecule has 5 N–H and O–H groups in total. The number of quaternary nitrogens is 1. The molecule has 5 nitrogen and oxygen atoms in total. The summed E-state index contributed by atoms with van der Waals surface area (Å²) in [4.78, 5) is 6.50. The lowest BCUT2D eigenvalue weighted by atomic mass is 10.1. The monoisotopic (exact) mass is 249 g/mol. The number of amidine groups is 1. The van der Waals surface area contributed by atoms with Crippen molar-refractivity contribution < 1.29 is 10.7 Å². The Morgan fingerprint density at radius 3 is 2.50 bits per heavy atom. The molecule has 5 heteroatoms. The normalized spacial score (nSPS) is 19.4. The molecule has 1 atom stereocenters. The van der Waals surface area contributed by atoms with E-state index >= 15 is 0 Å². The number of fused-ring (bicyclic) bond motifs is 1. The van der Waals surface area contributed by atoms with Crippen molar-refractivity contribution in [3.8, 4) is 0 Å². The summed E-state index contributed by atoms with van der Waals surface area (Å²) in [5.41, 5.74) is 10.8. The van der Waals surface area contributed by atoms with E-state index in [0.29, 0.717) is 11.9 Å². The van der Waals surface area contributed by atoms with Crippen LogP contribution in [0, 0.1) is 0 Å². The van der Waals surface area contributed by atoms with Gasteiger partial charge in [-0.15, -0.1) is 0 Å². The van der Waals surface area contributed by atoms with Gasteiger partial charge < -0.3 is 10.6 Å². The van der Waals surface area contributed by atoms with Crippen molar-refractivity contribution in [2.75, 3.05) is 14.1 Å². The zero-order valence-corrected chi connectivity index (χ0v) is 11.1. The van der Waals surface area contributed by atoms with Gasteiger partial charge in [-0.25, -0.2) is 10.2 Å². The van der Waals surface area contributed by atoms with Gasteiger partial charge in [-0.2, -0.15) is 5.48 Å². The summed E-state index contributed by atoms with van der Waals surface area (Å²) in [6.45, 7) is 1.75. The van der Waals surface area contributed by atoms with Gasteiger partial charge in [-0.1, -0.05) is 0 Å². The number of likely N-dealkylation sites (N-methyl/N-ethyl adjacent to an activating group) is 1. The van der Waals surface area contributed by atoms with Crippen molar-refractivity contribution >= 4 is 17.2 Å². The van der Waals surface area contributed by atoms with Crippen molar-refractivity contribution in [1.82, 2.24) is 4.90 Å². The lowest BCUT2D eigenvalue weighted by Crippen LogP contribution is -2.73. The van der Waals surface area contributed by atoms with Crippen LogP contribution in [0.2, 0.25) is 0 Å². The Morgan fingerprint density at radius 2 is 2.00 bits per heavy atom. The summed E-state index contributed by atoms with van der Waals surface area (Å²) < 4.78 is 0. The van der Waals surface area contributed by atoms with Gasteiger partial charge in [0.1, 0.15) is 5.69 Å². The van der Waals surface area contributed by atoms with Crippen LogP contribution in [0.15, 0.2) is 17.1 Å². The second-order valence-electron chi connectivity index (χ2n) is 5.09. The Bertz CT molecular complexity index is 478. The van der Waals surface area contributed by atoms with Gasteiger partial charge in [-0.3, -0.25) is 0 Å². The zero-order valence-electron chi connectivity index (χ0n) is 11.1. The molecule has 1 aliphatic carbocycles. The first-order valence-electron chi connectivity index (χ1n) is 6.11. The van der Waals surface area contributed by atoms with Crippen LogP contribution in [0.1, 0.15) is 18.1 Å². The highest BCUT2D eigenvalue weighted by Crippen LogP contribution is 2.32. The Kier molecular flexibility index (Phi) is 3.65. The lowest BCUT2D eigenvalue weighted by molar-refractivity contribution is -0.825. The summed E-state index contributed by atoms with van der Waals surface area (Å²) in [5, 5.41) is 9.29. The van der Waals surface area contributed by atoms with Crippen LogP contribution in [0.25, 0.3) is 0 Å². The van der Waals surface area contributed by atoms with Crippen molar-refractivity contribution in [3.05, 3.63) is 23.3 Å². The smallest absolute Gasteiger partial charge is 0.188 e. The molecule has 1 aromatic carbocycles. The van der Waals surface area contributed by atoms with Crippen LogP contribution in [-0.2, 0) is 12.8 Å². The molecule has 0 saturated carbocycles. The zero-order chi connectivity index (χ0) is 13.3. The van der Waals surface area contributed by atoms with Crippen molar-refractivity contribution in [2.45, 2.75) is 25.8 Å². The van der Waals surface area contributed by atoms with E-state index in [2.05, 4.69) is 24.0 Å². The van der Waals surface area contributed by atoms with Gasteiger partial charge in [0, 0.05) is 12.1 Å². The molecule has 1 aromatic rings. The third-order valence-electron chi connectivity index (χ3n) is 3.43. The molecule has 0 aromatic heterocycles. The molecule has 0 fully saturated rings. The molecule has 0 spiro atoms. The number of nitrogens with zero attached hydrogens (tertiary/aromatic N) is 2. The third-order valence-corrected chi connectivity index (χ3v) is 3.43. The van der Waals surface area contributed by atoms with Crippen LogP contribution in [0.5, 0.6) is 0 Å². The molecule has 2 rings (SSSR count). The maximum absolute atomic E-state index is 9.29. The van der Waals surface area contributed by atoms with Crippen LogP contribution in [0.4, 0.5) is 11.4 Å². The Labute approximate surface area is 107 Å². The van der Waals surface area contributed by atoms with Crippen molar-refractivity contribution in [1.29, 1.82) is 0 Å². The van der Waals surface area contributed by atoms with E-state index in [1.807, 2.05) is 12.1 Å². The Hall–Kier alpha value is -1.43. The molecule has 1 unspecified atom stereocenters. The first kappa shape index (κ1) is 13.0.